The summed E-state index contributed by atoms with van der Waals surface area (Å²) < 4.78 is 0. The number of hydrogen-bond donors (Lipinski definition) is 1. The van der Waals surface area contributed by atoms with Gasteiger partial charge in [0, 0.05) is 29.5 Å². The Morgan fingerprint density at radius 1 is 1.30 bits per heavy atom. The van der Waals surface area contributed by atoms with Crippen LogP contribution in [-0.4, -0.2) is 29.6 Å². The van der Waals surface area contributed by atoms with Crippen LogP contribution in [0.25, 0.3) is 0 Å². The van der Waals surface area contributed by atoms with Gasteiger partial charge in [-0.05, 0) is 63.9 Å². The second-order valence-electron chi connectivity index (χ2n) is 6.31. The average Bonchev–Trinajstić information content (AvgIpc) is 2.96. The van der Waals surface area contributed by atoms with Crippen LogP contribution in [0.3, 0.4) is 0 Å². The molecule has 1 fully saturated rings. The third-order valence-corrected chi connectivity index (χ3v) is 5.29. The van der Waals surface area contributed by atoms with Crippen LogP contribution in [0, 0.1) is 0 Å². The molecule has 1 aromatic rings. The second-order valence-corrected chi connectivity index (χ2v) is 7.34. The minimum Gasteiger partial charge on any atom is -0.314 e. The van der Waals surface area contributed by atoms with Gasteiger partial charge >= 0.3 is 0 Å². The van der Waals surface area contributed by atoms with Crippen molar-refractivity contribution >= 4 is 11.3 Å². The van der Waals surface area contributed by atoms with Gasteiger partial charge < -0.3 is 5.32 Å². The maximum atomic E-state index is 3.69. The molecular weight excluding hydrogens is 264 g/mol. The molecule has 0 bridgehead atoms. The van der Waals surface area contributed by atoms with Crippen LogP contribution in [-0.2, 0) is 6.54 Å². The molecule has 0 radical (unpaired) electrons. The van der Waals surface area contributed by atoms with Gasteiger partial charge in [-0.2, -0.15) is 0 Å². The molecular formula is C17H30N2S. The van der Waals surface area contributed by atoms with Crippen LogP contribution < -0.4 is 5.32 Å². The van der Waals surface area contributed by atoms with Crippen LogP contribution in [0.2, 0.25) is 0 Å². The SMILES string of the molecule is CCCNC1CCC(N(Cc2cccs2)C(C)C)CC1. The van der Waals surface area contributed by atoms with E-state index in [1.165, 1.54) is 43.5 Å². The molecule has 0 atom stereocenters. The first-order chi connectivity index (χ1) is 9.70. The van der Waals surface area contributed by atoms with Crippen molar-refractivity contribution < 1.29 is 0 Å². The van der Waals surface area contributed by atoms with E-state index in [4.69, 9.17) is 0 Å². The Hall–Kier alpha value is -0.380. The fourth-order valence-corrected chi connectivity index (χ4v) is 3.99. The van der Waals surface area contributed by atoms with Crippen molar-refractivity contribution in [3.8, 4) is 0 Å². The van der Waals surface area contributed by atoms with Crippen LogP contribution in [0.4, 0.5) is 0 Å². The zero-order chi connectivity index (χ0) is 14.4. The average molecular weight is 295 g/mol. The molecule has 2 rings (SSSR count). The molecule has 20 heavy (non-hydrogen) atoms. The first-order valence-corrected chi connectivity index (χ1v) is 9.10. The van der Waals surface area contributed by atoms with Gasteiger partial charge in [-0.15, -0.1) is 11.3 Å². The van der Waals surface area contributed by atoms with Crippen molar-refractivity contribution in [1.29, 1.82) is 0 Å². The predicted molar refractivity (Wildman–Crippen MR) is 89.3 cm³/mol. The molecule has 0 amide bonds. The van der Waals surface area contributed by atoms with Gasteiger partial charge in [0.1, 0.15) is 0 Å². The fraction of sp³-hybridized carbons (Fsp3) is 0.765. The molecule has 2 nitrogen and oxygen atoms in total. The molecule has 1 heterocycles. The van der Waals surface area contributed by atoms with Gasteiger partial charge in [-0.1, -0.05) is 13.0 Å². The predicted octanol–water partition coefficient (Wildman–Crippen LogP) is 4.27. The van der Waals surface area contributed by atoms with Crippen molar-refractivity contribution in [2.75, 3.05) is 6.54 Å². The summed E-state index contributed by atoms with van der Waals surface area (Å²) >= 11 is 1.89. The Morgan fingerprint density at radius 3 is 2.60 bits per heavy atom. The minimum atomic E-state index is 0.641. The zero-order valence-corrected chi connectivity index (χ0v) is 14.1. The zero-order valence-electron chi connectivity index (χ0n) is 13.3. The van der Waals surface area contributed by atoms with Crippen molar-refractivity contribution in [2.45, 2.75) is 77.5 Å². The van der Waals surface area contributed by atoms with Crippen molar-refractivity contribution in [3.05, 3.63) is 22.4 Å². The summed E-state index contributed by atoms with van der Waals surface area (Å²) in [5.41, 5.74) is 0. The van der Waals surface area contributed by atoms with E-state index in [1.54, 1.807) is 0 Å². The largest absolute Gasteiger partial charge is 0.314 e. The van der Waals surface area contributed by atoms with Crippen molar-refractivity contribution in [1.82, 2.24) is 10.2 Å². The topological polar surface area (TPSA) is 15.3 Å². The Bertz CT molecular complexity index is 353. The second kappa shape index (κ2) is 8.16. The molecule has 0 unspecified atom stereocenters. The highest BCUT2D eigenvalue weighted by Gasteiger charge is 2.27. The quantitative estimate of drug-likeness (QED) is 0.808. The highest BCUT2D eigenvalue weighted by molar-refractivity contribution is 7.09. The fourth-order valence-electron chi connectivity index (χ4n) is 3.28. The maximum Gasteiger partial charge on any atom is 0.0333 e. The van der Waals surface area contributed by atoms with Crippen molar-refractivity contribution in [2.24, 2.45) is 0 Å². The van der Waals surface area contributed by atoms with Crippen LogP contribution >= 0.6 is 11.3 Å². The first kappa shape index (κ1) is 16.0. The normalized spacial score (nSPS) is 23.6. The number of thiophene rings is 1. The van der Waals surface area contributed by atoms with E-state index in [-0.39, 0.29) is 0 Å². The Labute approximate surface area is 128 Å². The third kappa shape index (κ3) is 4.57. The van der Waals surface area contributed by atoms with E-state index >= 15 is 0 Å². The summed E-state index contributed by atoms with van der Waals surface area (Å²) in [4.78, 5) is 4.21. The minimum absolute atomic E-state index is 0.641. The van der Waals surface area contributed by atoms with Crippen LogP contribution in [0.1, 0.15) is 57.8 Å². The van der Waals surface area contributed by atoms with Gasteiger partial charge in [0.25, 0.3) is 0 Å². The van der Waals surface area contributed by atoms with E-state index in [0.717, 1.165) is 18.6 Å². The third-order valence-electron chi connectivity index (χ3n) is 4.43. The Morgan fingerprint density at radius 2 is 2.05 bits per heavy atom. The number of hydrogen-bond acceptors (Lipinski definition) is 3. The highest BCUT2D eigenvalue weighted by Crippen LogP contribution is 2.27. The van der Waals surface area contributed by atoms with E-state index in [2.05, 4.69) is 48.5 Å². The van der Waals surface area contributed by atoms with Crippen LogP contribution in [0.15, 0.2) is 17.5 Å². The first-order valence-electron chi connectivity index (χ1n) is 8.22. The lowest BCUT2D eigenvalue weighted by Crippen LogP contribution is -2.45. The molecule has 114 valence electrons. The van der Waals surface area contributed by atoms with E-state index < -0.39 is 0 Å². The molecule has 1 aliphatic rings. The lowest BCUT2D eigenvalue weighted by molar-refractivity contribution is 0.104. The summed E-state index contributed by atoms with van der Waals surface area (Å²) in [7, 11) is 0. The summed E-state index contributed by atoms with van der Waals surface area (Å²) in [6.07, 6.45) is 6.64. The molecule has 0 spiro atoms. The van der Waals surface area contributed by atoms with Crippen LogP contribution in [0.5, 0.6) is 0 Å². The molecule has 1 aromatic heterocycles. The van der Waals surface area contributed by atoms with Gasteiger partial charge in [-0.25, -0.2) is 0 Å². The summed E-state index contributed by atoms with van der Waals surface area (Å²) in [5.74, 6) is 0. The lowest BCUT2D eigenvalue weighted by atomic mass is 9.89. The number of nitrogens with one attached hydrogen (secondary N) is 1. The summed E-state index contributed by atoms with van der Waals surface area (Å²) in [6, 6.07) is 6.62. The highest BCUT2D eigenvalue weighted by atomic mass is 32.1. The Kier molecular flexibility index (Phi) is 6.53. The number of nitrogens with zero attached hydrogens (tertiary/aromatic N) is 1. The molecule has 1 aliphatic carbocycles. The number of rotatable bonds is 7. The van der Waals surface area contributed by atoms with E-state index in [9.17, 15) is 0 Å². The molecule has 1 N–H and O–H groups in total. The Balaban J connectivity index is 1.85. The molecule has 3 heteroatoms. The van der Waals surface area contributed by atoms with Gasteiger partial charge in [0.15, 0.2) is 0 Å². The summed E-state index contributed by atoms with van der Waals surface area (Å²) in [6.45, 7) is 9.25. The van der Waals surface area contributed by atoms with Crippen molar-refractivity contribution in [3.63, 3.8) is 0 Å². The monoisotopic (exact) mass is 294 g/mol. The molecule has 0 aliphatic heterocycles. The molecule has 0 saturated heterocycles. The van der Waals surface area contributed by atoms with E-state index in [0.29, 0.717) is 6.04 Å². The lowest BCUT2D eigenvalue weighted by Gasteiger charge is -2.39. The summed E-state index contributed by atoms with van der Waals surface area (Å²) in [5, 5.41) is 5.88. The van der Waals surface area contributed by atoms with E-state index in [1.807, 2.05) is 11.3 Å². The van der Waals surface area contributed by atoms with Gasteiger partial charge in [-0.3, -0.25) is 4.90 Å². The smallest absolute Gasteiger partial charge is 0.0333 e. The van der Waals surface area contributed by atoms with Gasteiger partial charge in [0.2, 0.25) is 0 Å². The van der Waals surface area contributed by atoms with Gasteiger partial charge in [0.05, 0.1) is 0 Å². The molecule has 0 aromatic carbocycles. The molecule has 1 saturated carbocycles. The standard InChI is InChI=1S/C17H30N2S/c1-4-11-18-15-7-9-16(10-8-15)19(14(2)3)13-17-6-5-12-20-17/h5-6,12,14-16,18H,4,7-11,13H2,1-3H3. The maximum absolute atomic E-state index is 3.69.